The molecule has 2 aromatic carbocycles. The maximum Gasteiger partial charge on any atom is 0.185 e. The molecule has 6 rings (SSSR count). The molecule has 0 radical (unpaired) electrons. The number of H-pyrrole nitrogens is 1. The standard InChI is InChI=1S/C23H22FN7O/c24-15-8-16-18(32)10-25-22-19(16)17(9-15)28-29-21(20(22)23-26-12-27-30-23)14-4-2-13(3-5-14)11-31-6-1-7-31/h2-5,8-9,12,20-21,28-29H,1,6-7,10-11H2,(H,26,27,30). The topological polar surface area (TPSA) is 98.3 Å². The summed E-state index contributed by atoms with van der Waals surface area (Å²) >= 11 is 0. The van der Waals surface area contributed by atoms with Crippen molar-refractivity contribution in [2.45, 2.75) is 24.9 Å². The number of rotatable bonds is 4. The number of aromatic nitrogens is 3. The first-order valence-electron chi connectivity index (χ1n) is 10.8. The number of likely N-dealkylation sites (tertiary alicyclic amines) is 1. The van der Waals surface area contributed by atoms with Crippen molar-refractivity contribution >= 4 is 17.2 Å². The van der Waals surface area contributed by atoms with Crippen LogP contribution in [0, 0.1) is 5.82 Å². The molecule has 8 nitrogen and oxygen atoms in total. The molecule has 1 fully saturated rings. The van der Waals surface area contributed by atoms with Crippen molar-refractivity contribution < 1.29 is 9.18 Å². The molecular weight excluding hydrogens is 409 g/mol. The number of nitrogens with zero attached hydrogens (tertiary/aromatic N) is 4. The van der Waals surface area contributed by atoms with Crippen molar-refractivity contribution in [1.29, 1.82) is 0 Å². The summed E-state index contributed by atoms with van der Waals surface area (Å²) in [5.74, 6) is -0.376. The van der Waals surface area contributed by atoms with E-state index >= 15 is 0 Å². The van der Waals surface area contributed by atoms with Crippen molar-refractivity contribution in [3.05, 3.63) is 76.6 Å². The van der Waals surface area contributed by atoms with Gasteiger partial charge in [-0.2, -0.15) is 5.10 Å². The normalized spacial score (nSPS) is 22.4. The second-order valence-corrected chi connectivity index (χ2v) is 8.47. The number of hydrogen-bond acceptors (Lipinski definition) is 7. The lowest BCUT2D eigenvalue weighted by atomic mass is 9.82. The van der Waals surface area contributed by atoms with Gasteiger partial charge in [0.25, 0.3) is 0 Å². The maximum absolute atomic E-state index is 14.3. The van der Waals surface area contributed by atoms with Crippen LogP contribution in [-0.2, 0) is 6.54 Å². The van der Waals surface area contributed by atoms with Crippen LogP contribution in [0.1, 0.15) is 51.3 Å². The smallest absolute Gasteiger partial charge is 0.185 e. The Balaban J connectivity index is 1.43. The summed E-state index contributed by atoms with van der Waals surface area (Å²) in [7, 11) is 0. The van der Waals surface area contributed by atoms with Crippen molar-refractivity contribution in [1.82, 2.24) is 25.5 Å². The minimum Gasteiger partial charge on any atom is -0.320 e. The Labute approximate surface area is 183 Å². The third-order valence-corrected chi connectivity index (χ3v) is 6.46. The third-order valence-electron chi connectivity index (χ3n) is 6.46. The summed E-state index contributed by atoms with van der Waals surface area (Å²) in [6, 6.07) is 10.9. The number of carbonyl (C=O) groups is 1. The number of ketones is 1. The van der Waals surface area contributed by atoms with Gasteiger partial charge in [-0.25, -0.2) is 14.8 Å². The predicted octanol–water partition coefficient (Wildman–Crippen LogP) is 2.59. The molecule has 0 saturated carbocycles. The Bertz CT molecular complexity index is 1200. The van der Waals surface area contributed by atoms with Crippen LogP contribution in [-0.4, -0.2) is 51.2 Å². The highest BCUT2D eigenvalue weighted by molar-refractivity contribution is 6.20. The minimum absolute atomic E-state index is 0.0165. The molecular formula is C23H22FN7O. The number of aliphatic imine (C=N–C) groups is 1. The summed E-state index contributed by atoms with van der Waals surface area (Å²) in [6.07, 6.45) is 2.73. The highest BCUT2D eigenvalue weighted by Gasteiger charge is 2.39. The van der Waals surface area contributed by atoms with Gasteiger partial charge in [-0.05, 0) is 42.8 Å². The van der Waals surface area contributed by atoms with E-state index in [0.717, 1.165) is 25.2 Å². The van der Waals surface area contributed by atoms with Gasteiger partial charge in [0.15, 0.2) is 5.78 Å². The third kappa shape index (κ3) is 3.21. The van der Waals surface area contributed by atoms with E-state index in [2.05, 4.69) is 60.2 Å². The summed E-state index contributed by atoms with van der Waals surface area (Å²) in [5.41, 5.74) is 10.9. The largest absolute Gasteiger partial charge is 0.320 e. The molecule has 0 bridgehead atoms. The van der Waals surface area contributed by atoms with Crippen LogP contribution < -0.4 is 10.9 Å². The van der Waals surface area contributed by atoms with Crippen LogP contribution >= 0.6 is 0 Å². The number of aromatic amines is 1. The van der Waals surface area contributed by atoms with E-state index in [1.165, 1.54) is 30.4 Å². The highest BCUT2D eigenvalue weighted by atomic mass is 19.1. The molecule has 162 valence electrons. The fourth-order valence-electron chi connectivity index (χ4n) is 4.73. The minimum atomic E-state index is -0.465. The lowest BCUT2D eigenvalue weighted by Crippen LogP contribution is -2.36. The van der Waals surface area contributed by atoms with Gasteiger partial charge in [0.1, 0.15) is 24.5 Å². The van der Waals surface area contributed by atoms with E-state index in [1.54, 1.807) is 0 Å². The Hall–Kier alpha value is -3.43. The monoisotopic (exact) mass is 431 g/mol. The van der Waals surface area contributed by atoms with Gasteiger partial charge in [0.2, 0.25) is 0 Å². The van der Waals surface area contributed by atoms with Crippen LogP contribution in [0.4, 0.5) is 10.1 Å². The lowest BCUT2D eigenvalue weighted by molar-refractivity contribution is 0.0999. The molecule has 3 N–H and O–H groups in total. The second kappa shape index (κ2) is 7.61. The number of Topliss-reactive ketones (excluding diaryl/α,β-unsaturated/α-hetero) is 1. The van der Waals surface area contributed by atoms with Gasteiger partial charge in [0.05, 0.1) is 23.4 Å². The molecule has 4 heterocycles. The number of benzene rings is 2. The number of halogens is 1. The quantitative estimate of drug-likeness (QED) is 0.588. The second-order valence-electron chi connectivity index (χ2n) is 8.47. The van der Waals surface area contributed by atoms with Gasteiger partial charge in [-0.1, -0.05) is 24.3 Å². The first kappa shape index (κ1) is 19.3. The Morgan fingerprint density at radius 2 is 2.00 bits per heavy atom. The molecule has 9 heteroatoms. The van der Waals surface area contributed by atoms with E-state index in [1.807, 2.05) is 0 Å². The van der Waals surface area contributed by atoms with Crippen molar-refractivity contribution in [3.63, 3.8) is 0 Å². The number of hydrazine groups is 1. The Morgan fingerprint density at radius 3 is 2.72 bits per heavy atom. The van der Waals surface area contributed by atoms with Crippen molar-refractivity contribution in [3.8, 4) is 0 Å². The van der Waals surface area contributed by atoms with Crippen molar-refractivity contribution in [2.75, 3.05) is 25.1 Å². The molecule has 2 atom stereocenters. The molecule has 32 heavy (non-hydrogen) atoms. The molecule has 3 aromatic rings. The number of nitrogens with one attached hydrogen (secondary N) is 3. The summed E-state index contributed by atoms with van der Waals surface area (Å²) in [6.45, 7) is 3.24. The highest BCUT2D eigenvalue weighted by Crippen LogP contribution is 2.40. The molecule has 0 spiro atoms. The first-order valence-corrected chi connectivity index (χ1v) is 10.8. The molecule has 3 aliphatic heterocycles. The van der Waals surface area contributed by atoms with E-state index in [-0.39, 0.29) is 24.3 Å². The van der Waals surface area contributed by atoms with Crippen LogP contribution in [0.2, 0.25) is 0 Å². The fraction of sp³-hybridized carbons (Fsp3) is 0.304. The van der Waals surface area contributed by atoms with E-state index in [4.69, 9.17) is 0 Å². The molecule has 2 unspecified atom stereocenters. The molecule has 1 aromatic heterocycles. The number of hydrogen-bond donors (Lipinski definition) is 3. The molecule has 0 amide bonds. The zero-order chi connectivity index (χ0) is 21.7. The van der Waals surface area contributed by atoms with Gasteiger partial charge >= 0.3 is 0 Å². The molecule has 3 aliphatic rings. The van der Waals surface area contributed by atoms with Gasteiger partial charge < -0.3 is 5.43 Å². The predicted molar refractivity (Wildman–Crippen MR) is 117 cm³/mol. The summed E-state index contributed by atoms with van der Waals surface area (Å²) in [4.78, 5) is 24.0. The summed E-state index contributed by atoms with van der Waals surface area (Å²) < 4.78 is 14.3. The van der Waals surface area contributed by atoms with Gasteiger partial charge in [-0.15, -0.1) is 0 Å². The van der Waals surface area contributed by atoms with E-state index < -0.39 is 5.82 Å². The van der Waals surface area contributed by atoms with E-state index in [0.29, 0.717) is 28.4 Å². The van der Waals surface area contributed by atoms with Crippen LogP contribution in [0.3, 0.4) is 0 Å². The molecule has 0 aliphatic carbocycles. The SMILES string of the molecule is O=C1CN=C2c3c(cc(F)cc31)NNC(c1ccc(CN3CCC3)cc1)C2c1ncn[nH]1. The number of anilines is 1. The van der Waals surface area contributed by atoms with Crippen LogP contribution in [0.15, 0.2) is 47.7 Å². The van der Waals surface area contributed by atoms with Crippen LogP contribution in [0.5, 0.6) is 0 Å². The first-order chi connectivity index (χ1) is 15.7. The number of carbonyl (C=O) groups excluding carboxylic acids is 1. The maximum atomic E-state index is 14.3. The molecule has 1 saturated heterocycles. The van der Waals surface area contributed by atoms with Crippen LogP contribution in [0.25, 0.3) is 0 Å². The van der Waals surface area contributed by atoms with Gasteiger partial charge in [0, 0.05) is 17.7 Å². The summed E-state index contributed by atoms with van der Waals surface area (Å²) in [5, 5.41) is 7.01. The average Bonchev–Trinajstić information content (AvgIpc) is 3.24. The zero-order valence-electron chi connectivity index (χ0n) is 17.3. The average molecular weight is 431 g/mol. The van der Waals surface area contributed by atoms with Gasteiger partial charge in [-0.3, -0.25) is 19.8 Å². The Morgan fingerprint density at radius 1 is 1.16 bits per heavy atom. The van der Waals surface area contributed by atoms with E-state index in [9.17, 15) is 9.18 Å². The Kier molecular flexibility index (Phi) is 4.58. The fourth-order valence-corrected chi connectivity index (χ4v) is 4.73. The van der Waals surface area contributed by atoms with Crippen molar-refractivity contribution in [2.24, 2.45) is 4.99 Å². The lowest BCUT2D eigenvalue weighted by Gasteiger charge is -2.31. The zero-order valence-corrected chi connectivity index (χ0v) is 17.3.